The van der Waals surface area contributed by atoms with Crippen LogP contribution in [-0.4, -0.2) is 50.0 Å². The van der Waals surface area contributed by atoms with Crippen LogP contribution in [0.15, 0.2) is 78.9 Å². The molecule has 0 aromatic heterocycles. The van der Waals surface area contributed by atoms with Gasteiger partial charge in [-0.25, -0.2) is 17.2 Å². The van der Waals surface area contributed by atoms with Crippen molar-refractivity contribution in [2.45, 2.75) is 45.3 Å². The smallest absolute Gasteiger partial charge is 0.244 e. The van der Waals surface area contributed by atoms with E-state index in [9.17, 15) is 26.8 Å². The molecule has 0 heterocycles. The minimum atomic E-state index is -4.03. The molecule has 0 saturated carbocycles. The van der Waals surface area contributed by atoms with Crippen LogP contribution in [0.2, 0.25) is 0 Å². The lowest BCUT2D eigenvalue weighted by Crippen LogP contribution is -2.54. The van der Waals surface area contributed by atoms with Gasteiger partial charge in [0.1, 0.15) is 24.2 Å². The zero-order valence-electron chi connectivity index (χ0n) is 22.2. The molecule has 2 atom stereocenters. The van der Waals surface area contributed by atoms with E-state index < -0.39 is 46.1 Å². The van der Waals surface area contributed by atoms with Crippen molar-refractivity contribution in [3.63, 3.8) is 0 Å². The molecule has 0 unspecified atom stereocenters. The molecule has 3 aromatic carbocycles. The average Bonchev–Trinajstić information content (AvgIpc) is 2.89. The van der Waals surface area contributed by atoms with E-state index in [0.29, 0.717) is 6.42 Å². The molecule has 7 nitrogen and oxygen atoms in total. The van der Waals surface area contributed by atoms with Crippen molar-refractivity contribution >= 4 is 27.5 Å². The summed E-state index contributed by atoms with van der Waals surface area (Å²) in [5.41, 5.74) is 0.885. The quantitative estimate of drug-likeness (QED) is 0.360. The van der Waals surface area contributed by atoms with Gasteiger partial charge in [-0.1, -0.05) is 61.5 Å². The fraction of sp³-hybridized carbons (Fsp3) is 0.310. The Kier molecular flexibility index (Phi) is 10.2. The van der Waals surface area contributed by atoms with E-state index in [2.05, 4.69) is 5.32 Å². The Balaban J connectivity index is 2.07. The Morgan fingerprint density at radius 2 is 1.62 bits per heavy atom. The first-order chi connectivity index (χ1) is 18.5. The number of hydrogen-bond acceptors (Lipinski definition) is 4. The first-order valence-electron chi connectivity index (χ1n) is 12.6. The van der Waals surface area contributed by atoms with Crippen molar-refractivity contribution in [3.8, 4) is 0 Å². The van der Waals surface area contributed by atoms with Gasteiger partial charge in [0.25, 0.3) is 0 Å². The third kappa shape index (κ3) is 8.35. The Morgan fingerprint density at radius 1 is 0.949 bits per heavy atom. The van der Waals surface area contributed by atoms with Gasteiger partial charge in [-0.2, -0.15) is 0 Å². The Morgan fingerprint density at radius 3 is 2.23 bits per heavy atom. The van der Waals surface area contributed by atoms with Crippen LogP contribution in [-0.2, 0) is 32.6 Å². The van der Waals surface area contributed by atoms with Crippen LogP contribution in [0, 0.1) is 11.6 Å². The molecule has 2 amide bonds. The molecular formula is C29H33F2N3O4S. The summed E-state index contributed by atoms with van der Waals surface area (Å²) in [4.78, 5) is 28.6. The average molecular weight is 558 g/mol. The summed E-state index contributed by atoms with van der Waals surface area (Å²) in [6.07, 6.45) is 1.66. The van der Waals surface area contributed by atoms with Crippen LogP contribution in [0.4, 0.5) is 14.5 Å². The molecule has 1 N–H and O–H groups in total. The number of benzene rings is 3. The van der Waals surface area contributed by atoms with E-state index in [-0.39, 0.29) is 30.3 Å². The minimum Gasteiger partial charge on any atom is -0.352 e. The fourth-order valence-electron chi connectivity index (χ4n) is 4.05. The molecule has 3 aromatic rings. The van der Waals surface area contributed by atoms with Gasteiger partial charge in [0, 0.05) is 24.6 Å². The third-order valence-electron chi connectivity index (χ3n) is 6.35. The number of hydrogen-bond donors (Lipinski definition) is 1. The maximum absolute atomic E-state index is 14.7. The van der Waals surface area contributed by atoms with Crippen molar-refractivity contribution in [1.82, 2.24) is 10.2 Å². The van der Waals surface area contributed by atoms with E-state index in [1.165, 1.54) is 35.2 Å². The molecular weight excluding hydrogens is 524 g/mol. The molecule has 39 heavy (non-hydrogen) atoms. The Bertz CT molecular complexity index is 1390. The molecule has 0 saturated heterocycles. The lowest BCUT2D eigenvalue weighted by atomic mass is 10.0. The summed E-state index contributed by atoms with van der Waals surface area (Å²) >= 11 is 0. The van der Waals surface area contributed by atoms with E-state index in [4.69, 9.17) is 0 Å². The summed E-state index contributed by atoms with van der Waals surface area (Å²) in [5.74, 6) is -2.43. The number of nitrogens with one attached hydrogen (secondary N) is 1. The zero-order chi connectivity index (χ0) is 28.6. The predicted octanol–water partition coefficient (Wildman–Crippen LogP) is 4.29. The molecule has 0 bridgehead atoms. The highest BCUT2D eigenvalue weighted by molar-refractivity contribution is 7.92. The topological polar surface area (TPSA) is 86.8 Å². The van der Waals surface area contributed by atoms with Gasteiger partial charge in [-0.05, 0) is 43.2 Å². The lowest BCUT2D eigenvalue weighted by Gasteiger charge is -2.34. The van der Waals surface area contributed by atoms with Crippen molar-refractivity contribution in [1.29, 1.82) is 0 Å². The normalized spacial score (nSPS) is 12.8. The molecule has 208 valence electrons. The monoisotopic (exact) mass is 557 g/mol. The number of carbonyl (C=O) groups is 2. The molecule has 10 heteroatoms. The van der Waals surface area contributed by atoms with E-state index >= 15 is 0 Å². The summed E-state index contributed by atoms with van der Waals surface area (Å²) in [7, 11) is -4.03. The molecule has 0 fully saturated rings. The Hall–Kier alpha value is -3.79. The van der Waals surface area contributed by atoms with Gasteiger partial charge < -0.3 is 10.2 Å². The Labute approximate surface area is 228 Å². The number of halogens is 2. The van der Waals surface area contributed by atoms with E-state index in [0.717, 1.165) is 28.3 Å². The number of amides is 2. The van der Waals surface area contributed by atoms with Gasteiger partial charge in [0.15, 0.2) is 0 Å². The maximum Gasteiger partial charge on any atom is 0.244 e. The third-order valence-corrected chi connectivity index (χ3v) is 7.49. The highest BCUT2D eigenvalue weighted by atomic mass is 32.2. The molecule has 0 radical (unpaired) electrons. The van der Waals surface area contributed by atoms with Crippen LogP contribution in [0.1, 0.15) is 31.4 Å². The van der Waals surface area contributed by atoms with Crippen molar-refractivity contribution in [3.05, 3.63) is 102 Å². The summed E-state index contributed by atoms with van der Waals surface area (Å²) in [6.45, 7) is 2.74. The van der Waals surface area contributed by atoms with Gasteiger partial charge in [0.2, 0.25) is 21.8 Å². The van der Waals surface area contributed by atoms with Gasteiger partial charge in [0.05, 0.1) is 11.9 Å². The number of sulfonamides is 1. The largest absolute Gasteiger partial charge is 0.352 e. The van der Waals surface area contributed by atoms with Crippen molar-refractivity contribution < 1.29 is 26.8 Å². The minimum absolute atomic E-state index is 0.0413. The number of nitrogens with zero attached hydrogens (tertiary/aromatic N) is 2. The zero-order valence-corrected chi connectivity index (χ0v) is 23.0. The number of anilines is 1. The first-order valence-corrected chi connectivity index (χ1v) is 14.4. The van der Waals surface area contributed by atoms with Gasteiger partial charge in [-0.15, -0.1) is 0 Å². The van der Waals surface area contributed by atoms with Crippen molar-refractivity contribution in [2.24, 2.45) is 0 Å². The fourth-order valence-corrected chi connectivity index (χ4v) is 4.89. The molecule has 0 aliphatic heterocycles. The van der Waals surface area contributed by atoms with Crippen LogP contribution in [0.3, 0.4) is 0 Å². The second-order valence-corrected chi connectivity index (χ2v) is 11.3. The molecule has 0 aliphatic rings. The molecule has 0 spiro atoms. The second-order valence-electron chi connectivity index (χ2n) is 9.39. The van der Waals surface area contributed by atoms with Crippen LogP contribution in [0.25, 0.3) is 0 Å². The SMILES string of the molecule is CC[C@H](C)NC(=O)[C@@H](Cc1ccccc1)N(Cc1ccccc1F)C(=O)CN(c1cccc(F)c1)S(C)(=O)=O. The van der Waals surface area contributed by atoms with E-state index in [1.807, 2.05) is 32.0 Å². The van der Waals surface area contributed by atoms with Crippen molar-refractivity contribution in [2.75, 3.05) is 17.1 Å². The van der Waals surface area contributed by atoms with Crippen LogP contribution < -0.4 is 9.62 Å². The highest BCUT2D eigenvalue weighted by Crippen LogP contribution is 2.22. The molecule has 3 rings (SSSR count). The highest BCUT2D eigenvalue weighted by Gasteiger charge is 2.33. The molecule has 0 aliphatic carbocycles. The van der Waals surface area contributed by atoms with E-state index in [1.54, 1.807) is 18.2 Å². The standard InChI is InChI=1S/C29H33F2N3O4S/c1-4-21(2)32-29(36)27(17-22-11-6-5-7-12-22)33(19-23-13-8-9-16-26(23)31)28(35)20-34(39(3,37)38)25-15-10-14-24(30)18-25/h5-16,18,21,27H,4,17,19-20H2,1-3H3,(H,32,36)/t21-,27+/m0/s1. The van der Waals surface area contributed by atoms with Crippen LogP contribution in [0.5, 0.6) is 0 Å². The van der Waals surface area contributed by atoms with Crippen LogP contribution >= 0.6 is 0 Å². The predicted molar refractivity (Wildman–Crippen MR) is 147 cm³/mol. The maximum atomic E-state index is 14.7. The van der Waals surface area contributed by atoms with Gasteiger partial charge in [-0.3, -0.25) is 13.9 Å². The first kappa shape index (κ1) is 29.8. The second kappa shape index (κ2) is 13.3. The lowest BCUT2D eigenvalue weighted by molar-refractivity contribution is -0.140. The number of rotatable bonds is 12. The summed E-state index contributed by atoms with van der Waals surface area (Å²) in [6, 6.07) is 18.5. The van der Waals surface area contributed by atoms with Gasteiger partial charge >= 0.3 is 0 Å². The summed E-state index contributed by atoms with van der Waals surface area (Å²) < 4.78 is 54.9. The summed E-state index contributed by atoms with van der Waals surface area (Å²) in [5, 5.41) is 2.90. The number of carbonyl (C=O) groups excluding carboxylic acids is 2.